The Morgan fingerprint density at radius 1 is 1.16 bits per heavy atom. The average molecular weight is 442 g/mol. The summed E-state index contributed by atoms with van der Waals surface area (Å²) in [6.45, 7) is 1.99. The van der Waals surface area contributed by atoms with Gasteiger partial charge in [-0.15, -0.1) is 0 Å². The second-order valence-corrected chi connectivity index (χ2v) is 8.52. The number of allylic oxidation sites excluding steroid dienone is 1. The Balaban J connectivity index is 1.51. The van der Waals surface area contributed by atoms with Crippen LogP contribution in [0.15, 0.2) is 42.2 Å². The van der Waals surface area contributed by atoms with Crippen molar-refractivity contribution < 1.29 is 24.3 Å². The Morgan fingerprint density at radius 2 is 1.84 bits per heavy atom. The minimum atomic E-state index is -0.561. The van der Waals surface area contributed by atoms with Gasteiger partial charge >= 0.3 is 0 Å². The summed E-state index contributed by atoms with van der Waals surface area (Å²) in [6.07, 6.45) is 2.18. The van der Waals surface area contributed by atoms with Crippen LogP contribution in [-0.2, 0) is 16.0 Å². The molecule has 160 valence electrons. The highest BCUT2D eigenvalue weighted by Crippen LogP contribution is 2.54. The van der Waals surface area contributed by atoms with E-state index in [0.717, 1.165) is 18.4 Å². The summed E-state index contributed by atoms with van der Waals surface area (Å²) in [6, 6.07) is 9.50. The number of nitro benzene ring substituents is 1. The summed E-state index contributed by atoms with van der Waals surface area (Å²) in [5.74, 6) is 0.263. The third-order valence-electron chi connectivity index (χ3n) is 6.48. The van der Waals surface area contributed by atoms with E-state index < -0.39 is 4.92 Å². The van der Waals surface area contributed by atoms with Gasteiger partial charge in [0, 0.05) is 12.1 Å². The Kier molecular flexibility index (Phi) is 4.75. The molecule has 0 spiro atoms. The molecule has 2 aliphatic heterocycles. The third-order valence-corrected chi connectivity index (χ3v) is 6.78. The number of ketones is 1. The SMILES string of the molecule is CCc1ccc(Oc2ccc([N+](=O)[O-])c(Cl)c2)cc1C1=C(O)[C@H]2[C@@H](C1=O)[C@@H]1CC[C@H]2O1. The normalized spacial score (nSPS) is 26.5. The molecule has 2 fully saturated rings. The summed E-state index contributed by atoms with van der Waals surface area (Å²) in [5, 5.41) is 21.9. The fourth-order valence-electron chi connectivity index (χ4n) is 5.08. The van der Waals surface area contributed by atoms with Crippen molar-refractivity contribution in [2.45, 2.75) is 38.4 Å². The number of halogens is 1. The molecule has 2 aromatic rings. The van der Waals surface area contributed by atoms with Gasteiger partial charge in [0.05, 0.1) is 34.5 Å². The van der Waals surface area contributed by atoms with Crippen LogP contribution in [0.25, 0.3) is 5.57 Å². The zero-order chi connectivity index (χ0) is 21.9. The largest absolute Gasteiger partial charge is 0.511 e. The van der Waals surface area contributed by atoms with Crippen LogP contribution in [0.5, 0.6) is 11.5 Å². The molecule has 2 aromatic carbocycles. The number of hydrogen-bond acceptors (Lipinski definition) is 6. The molecule has 0 amide bonds. The van der Waals surface area contributed by atoms with Crippen molar-refractivity contribution in [1.82, 2.24) is 0 Å². The van der Waals surface area contributed by atoms with Crippen LogP contribution >= 0.6 is 11.6 Å². The number of carbonyl (C=O) groups is 1. The molecule has 1 N–H and O–H groups in total. The van der Waals surface area contributed by atoms with Crippen LogP contribution < -0.4 is 4.74 Å². The summed E-state index contributed by atoms with van der Waals surface area (Å²) in [7, 11) is 0. The number of aryl methyl sites for hydroxylation is 1. The first kappa shape index (κ1) is 20.0. The van der Waals surface area contributed by atoms with Gasteiger partial charge in [-0.3, -0.25) is 14.9 Å². The van der Waals surface area contributed by atoms with E-state index in [-0.39, 0.29) is 46.3 Å². The quantitative estimate of drug-likeness (QED) is 0.502. The molecular weight excluding hydrogens is 422 g/mol. The number of nitro groups is 1. The van der Waals surface area contributed by atoms with Gasteiger partial charge in [0.25, 0.3) is 5.69 Å². The van der Waals surface area contributed by atoms with Crippen molar-refractivity contribution in [2.75, 3.05) is 0 Å². The second-order valence-electron chi connectivity index (χ2n) is 8.11. The van der Waals surface area contributed by atoms with Crippen LogP contribution in [0.2, 0.25) is 5.02 Å². The molecule has 0 radical (unpaired) electrons. The van der Waals surface area contributed by atoms with E-state index >= 15 is 0 Å². The van der Waals surface area contributed by atoms with Crippen LogP contribution in [0.4, 0.5) is 5.69 Å². The van der Waals surface area contributed by atoms with Crippen molar-refractivity contribution in [2.24, 2.45) is 11.8 Å². The first-order valence-corrected chi connectivity index (χ1v) is 10.6. The van der Waals surface area contributed by atoms with Gasteiger partial charge in [-0.1, -0.05) is 24.6 Å². The number of hydrogen-bond donors (Lipinski definition) is 1. The number of carbonyl (C=O) groups excluding carboxylic acids is 1. The lowest BCUT2D eigenvalue weighted by molar-refractivity contribution is -0.384. The highest BCUT2D eigenvalue weighted by Gasteiger charge is 2.59. The molecule has 0 unspecified atom stereocenters. The number of ether oxygens (including phenoxy) is 2. The summed E-state index contributed by atoms with van der Waals surface area (Å²) in [5.41, 5.74) is 1.74. The minimum absolute atomic E-state index is 0.0254. The molecule has 0 saturated carbocycles. The maximum absolute atomic E-state index is 13.3. The number of aliphatic hydroxyl groups is 1. The van der Waals surface area contributed by atoms with Crippen molar-refractivity contribution in [1.29, 1.82) is 0 Å². The summed E-state index contributed by atoms with van der Waals surface area (Å²) >= 11 is 5.98. The third kappa shape index (κ3) is 3.11. The maximum atomic E-state index is 13.3. The molecule has 0 aromatic heterocycles. The summed E-state index contributed by atoms with van der Waals surface area (Å²) < 4.78 is 11.7. The first-order chi connectivity index (χ1) is 14.9. The Labute approximate surface area is 183 Å². The van der Waals surface area contributed by atoms with Crippen LogP contribution in [-0.4, -0.2) is 28.0 Å². The monoisotopic (exact) mass is 441 g/mol. The van der Waals surface area contributed by atoms with Gasteiger partial charge in [0.1, 0.15) is 22.3 Å². The molecule has 7 nitrogen and oxygen atoms in total. The molecule has 2 heterocycles. The number of Topliss-reactive ketones (excluding diaryl/α,β-unsaturated/α-hetero) is 1. The van der Waals surface area contributed by atoms with Crippen LogP contribution in [0.3, 0.4) is 0 Å². The smallest absolute Gasteiger partial charge is 0.288 e. The van der Waals surface area contributed by atoms with Gasteiger partial charge in [0.15, 0.2) is 5.78 Å². The van der Waals surface area contributed by atoms with Crippen molar-refractivity contribution in [3.63, 3.8) is 0 Å². The predicted molar refractivity (Wildman–Crippen MR) is 113 cm³/mol. The number of rotatable bonds is 5. The predicted octanol–water partition coefficient (Wildman–Crippen LogP) is 5.25. The van der Waals surface area contributed by atoms with E-state index in [2.05, 4.69) is 0 Å². The molecule has 31 heavy (non-hydrogen) atoms. The van der Waals surface area contributed by atoms with E-state index in [0.29, 0.717) is 29.1 Å². The van der Waals surface area contributed by atoms with Gasteiger partial charge in [-0.25, -0.2) is 0 Å². The lowest BCUT2D eigenvalue weighted by Crippen LogP contribution is -2.29. The standard InChI is InChI=1S/C23H20ClNO6/c1-2-11-3-4-12(30-13-5-6-16(25(28)29)15(24)10-13)9-14(11)19-22(26)20-17-7-8-18(31-17)21(20)23(19)27/h3-6,9-10,17-18,20-21,26H,2,7-8H2,1H3/t17-,18+,20-,21+/m1/s1. The topological polar surface area (TPSA) is 98.9 Å². The van der Waals surface area contributed by atoms with Crippen LogP contribution in [0.1, 0.15) is 30.9 Å². The Morgan fingerprint density at radius 3 is 2.48 bits per heavy atom. The molecule has 4 atom stereocenters. The summed E-state index contributed by atoms with van der Waals surface area (Å²) in [4.78, 5) is 23.6. The fourth-order valence-corrected chi connectivity index (χ4v) is 5.32. The van der Waals surface area contributed by atoms with Crippen molar-refractivity contribution in [3.05, 3.63) is 68.4 Å². The minimum Gasteiger partial charge on any atom is -0.511 e. The zero-order valence-electron chi connectivity index (χ0n) is 16.7. The highest BCUT2D eigenvalue weighted by atomic mass is 35.5. The lowest BCUT2D eigenvalue weighted by atomic mass is 9.80. The maximum Gasteiger partial charge on any atom is 0.288 e. The Hall–Kier alpha value is -2.90. The zero-order valence-corrected chi connectivity index (χ0v) is 17.5. The number of fused-ring (bicyclic) bond motifs is 5. The lowest BCUT2D eigenvalue weighted by Gasteiger charge is -2.19. The number of benzene rings is 2. The van der Waals surface area contributed by atoms with Crippen molar-refractivity contribution in [3.8, 4) is 11.5 Å². The average Bonchev–Trinajstić information content (AvgIpc) is 3.41. The second kappa shape index (κ2) is 7.35. The van der Waals surface area contributed by atoms with Crippen molar-refractivity contribution >= 4 is 28.6 Å². The molecule has 2 saturated heterocycles. The van der Waals surface area contributed by atoms with Gasteiger partial charge in [-0.05, 0) is 48.6 Å². The Bertz CT molecular complexity index is 1140. The molecule has 8 heteroatoms. The highest BCUT2D eigenvalue weighted by molar-refractivity contribution is 6.32. The fraction of sp³-hybridized carbons (Fsp3) is 0.348. The van der Waals surface area contributed by atoms with Crippen LogP contribution in [0, 0.1) is 22.0 Å². The molecule has 1 aliphatic carbocycles. The van der Waals surface area contributed by atoms with E-state index in [1.54, 1.807) is 12.1 Å². The molecule has 5 rings (SSSR count). The van der Waals surface area contributed by atoms with Gasteiger partial charge in [0.2, 0.25) is 0 Å². The van der Waals surface area contributed by atoms with E-state index in [1.165, 1.54) is 18.2 Å². The van der Waals surface area contributed by atoms with E-state index in [1.807, 2.05) is 13.0 Å². The van der Waals surface area contributed by atoms with Gasteiger partial charge in [-0.2, -0.15) is 0 Å². The van der Waals surface area contributed by atoms with E-state index in [9.17, 15) is 20.0 Å². The van der Waals surface area contributed by atoms with Gasteiger partial charge < -0.3 is 14.6 Å². The van der Waals surface area contributed by atoms with E-state index in [4.69, 9.17) is 21.1 Å². The number of aliphatic hydroxyl groups excluding tert-OH is 1. The number of nitrogens with zero attached hydrogens (tertiary/aromatic N) is 1. The first-order valence-electron chi connectivity index (χ1n) is 10.3. The molecular formula is C23H20ClNO6. The molecule has 2 bridgehead atoms. The molecule has 3 aliphatic rings.